The minimum Gasteiger partial charge on any atom is -0.482 e. The second kappa shape index (κ2) is 7.82. The standard InChI is InChI=1S/C23H25N3O4/c1-14-4-7-20-19(10-14)26(22(28)13-30-20)12-21(27)24-18-11-17(6-5-15(18)2)23(29)25-9-8-16(25)3/h4-7,10-11,16H,8-9,12-13H2,1-3H3,(H,24,27). The quantitative estimate of drug-likeness (QED) is 0.845. The van der Waals surface area contributed by atoms with Gasteiger partial charge in [0.2, 0.25) is 5.91 Å². The Bertz CT molecular complexity index is 1030. The van der Waals surface area contributed by atoms with Gasteiger partial charge in [-0.3, -0.25) is 19.3 Å². The largest absolute Gasteiger partial charge is 0.482 e. The molecule has 2 aromatic carbocycles. The fraction of sp³-hybridized carbons (Fsp3) is 0.348. The van der Waals surface area contributed by atoms with Gasteiger partial charge in [-0.15, -0.1) is 0 Å². The number of nitrogens with one attached hydrogen (secondary N) is 1. The summed E-state index contributed by atoms with van der Waals surface area (Å²) in [6.07, 6.45) is 1.01. The molecule has 0 spiro atoms. The molecule has 2 heterocycles. The highest BCUT2D eigenvalue weighted by Crippen LogP contribution is 2.32. The molecular weight excluding hydrogens is 382 g/mol. The van der Waals surface area contributed by atoms with Crippen LogP contribution in [-0.4, -0.2) is 48.4 Å². The number of likely N-dealkylation sites (tertiary alicyclic amines) is 1. The second-order valence-electron chi connectivity index (χ2n) is 7.95. The van der Waals surface area contributed by atoms with Crippen LogP contribution in [0.25, 0.3) is 0 Å². The zero-order valence-electron chi connectivity index (χ0n) is 17.4. The van der Waals surface area contributed by atoms with Crippen molar-refractivity contribution in [2.75, 3.05) is 29.9 Å². The maximum atomic E-state index is 12.8. The predicted octanol–water partition coefficient (Wildman–Crippen LogP) is 2.90. The lowest BCUT2D eigenvalue weighted by atomic mass is 10.0. The summed E-state index contributed by atoms with van der Waals surface area (Å²) in [7, 11) is 0. The van der Waals surface area contributed by atoms with E-state index >= 15 is 0 Å². The third kappa shape index (κ3) is 3.75. The zero-order valence-corrected chi connectivity index (χ0v) is 17.4. The molecule has 2 aliphatic heterocycles. The van der Waals surface area contributed by atoms with E-state index in [0.717, 1.165) is 24.1 Å². The summed E-state index contributed by atoms with van der Waals surface area (Å²) < 4.78 is 5.46. The lowest BCUT2D eigenvalue weighted by Gasteiger charge is -2.38. The van der Waals surface area contributed by atoms with E-state index in [1.54, 1.807) is 18.2 Å². The van der Waals surface area contributed by atoms with Gasteiger partial charge in [-0.1, -0.05) is 12.1 Å². The van der Waals surface area contributed by atoms with Crippen molar-refractivity contribution in [2.45, 2.75) is 33.2 Å². The Morgan fingerprint density at radius 2 is 1.97 bits per heavy atom. The molecule has 0 aromatic heterocycles. The van der Waals surface area contributed by atoms with Crippen LogP contribution in [0.1, 0.15) is 34.8 Å². The zero-order chi connectivity index (χ0) is 21.4. The van der Waals surface area contributed by atoms with Crippen LogP contribution in [0, 0.1) is 13.8 Å². The van der Waals surface area contributed by atoms with Crippen LogP contribution in [0.5, 0.6) is 5.75 Å². The van der Waals surface area contributed by atoms with Crippen molar-refractivity contribution in [1.29, 1.82) is 0 Å². The number of hydrogen-bond donors (Lipinski definition) is 1. The van der Waals surface area contributed by atoms with Gasteiger partial charge in [0.25, 0.3) is 11.8 Å². The van der Waals surface area contributed by atoms with Crippen LogP contribution in [0.4, 0.5) is 11.4 Å². The third-order valence-electron chi connectivity index (χ3n) is 5.70. The highest BCUT2D eigenvalue weighted by atomic mass is 16.5. The number of amides is 3. The first kappa shape index (κ1) is 19.9. The average Bonchev–Trinajstić information content (AvgIpc) is 2.70. The molecule has 1 saturated heterocycles. The minimum atomic E-state index is -0.331. The molecule has 7 nitrogen and oxygen atoms in total. The van der Waals surface area contributed by atoms with Gasteiger partial charge in [0.1, 0.15) is 12.3 Å². The Morgan fingerprint density at radius 3 is 2.67 bits per heavy atom. The molecule has 0 radical (unpaired) electrons. The van der Waals surface area contributed by atoms with E-state index in [2.05, 4.69) is 5.32 Å². The summed E-state index contributed by atoms with van der Waals surface area (Å²) in [4.78, 5) is 41.1. The number of ether oxygens (including phenoxy) is 1. The Morgan fingerprint density at radius 1 is 1.17 bits per heavy atom. The summed E-state index contributed by atoms with van der Waals surface area (Å²) in [5, 5.41) is 2.86. The predicted molar refractivity (Wildman–Crippen MR) is 114 cm³/mol. The number of nitrogens with zero attached hydrogens (tertiary/aromatic N) is 2. The molecular formula is C23H25N3O4. The lowest BCUT2D eigenvalue weighted by molar-refractivity contribution is -0.123. The molecule has 0 bridgehead atoms. The van der Waals surface area contributed by atoms with Crippen molar-refractivity contribution in [1.82, 2.24) is 4.90 Å². The van der Waals surface area contributed by atoms with E-state index in [-0.39, 0.29) is 36.9 Å². The van der Waals surface area contributed by atoms with Crippen LogP contribution in [0.2, 0.25) is 0 Å². The first-order valence-corrected chi connectivity index (χ1v) is 10.1. The van der Waals surface area contributed by atoms with Gasteiger partial charge in [0, 0.05) is 23.8 Å². The van der Waals surface area contributed by atoms with Gasteiger partial charge in [-0.05, 0) is 62.6 Å². The lowest BCUT2D eigenvalue weighted by Crippen LogP contribution is -2.49. The van der Waals surface area contributed by atoms with E-state index in [1.165, 1.54) is 4.90 Å². The van der Waals surface area contributed by atoms with Gasteiger partial charge in [-0.25, -0.2) is 0 Å². The van der Waals surface area contributed by atoms with E-state index in [9.17, 15) is 14.4 Å². The van der Waals surface area contributed by atoms with Crippen LogP contribution in [-0.2, 0) is 9.59 Å². The molecule has 156 valence electrons. The molecule has 1 atom stereocenters. The maximum absolute atomic E-state index is 12.8. The first-order valence-electron chi connectivity index (χ1n) is 10.1. The number of anilines is 2. The average molecular weight is 407 g/mol. The molecule has 0 saturated carbocycles. The molecule has 3 amide bonds. The molecule has 1 unspecified atom stereocenters. The van der Waals surface area contributed by atoms with E-state index in [1.807, 2.05) is 43.9 Å². The van der Waals surface area contributed by atoms with Gasteiger partial charge in [-0.2, -0.15) is 0 Å². The normalized spacial score (nSPS) is 17.7. The number of hydrogen-bond acceptors (Lipinski definition) is 4. The highest BCUT2D eigenvalue weighted by Gasteiger charge is 2.30. The number of benzene rings is 2. The smallest absolute Gasteiger partial charge is 0.265 e. The summed E-state index contributed by atoms with van der Waals surface area (Å²) in [6, 6.07) is 11.1. The van der Waals surface area contributed by atoms with E-state index in [0.29, 0.717) is 22.7 Å². The molecule has 2 aliphatic rings. The van der Waals surface area contributed by atoms with Crippen molar-refractivity contribution in [2.24, 2.45) is 0 Å². The molecule has 4 rings (SSSR count). The number of rotatable bonds is 4. The highest BCUT2D eigenvalue weighted by molar-refractivity contribution is 6.05. The Balaban J connectivity index is 1.51. The first-order chi connectivity index (χ1) is 14.3. The van der Waals surface area contributed by atoms with Crippen LogP contribution < -0.4 is 15.0 Å². The van der Waals surface area contributed by atoms with Gasteiger partial charge in [0.15, 0.2) is 6.61 Å². The minimum absolute atomic E-state index is 0.0305. The van der Waals surface area contributed by atoms with Crippen molar-refractivity contribution in [3.8, 4) is 5.75 Å². The summed E-state index contributed by atoms with van der Waals surface area (Å²) >= 11 is 0. The fourth-order valence-corrected chi connectivity index (χ4v) is 3.69. The summed E-state index contributed by atoms with van der Waals surface area (Å²) in [5.41, 5.74) is 3.53. The maximum Gasteiger partial charge on any atom is 0.265 e. The van der Waals surface area contributed by atoms with Crippen molar-refractivity contribution in [3.63, 3.8) is 0 Å². The Labute approximate surface area is 175 Å². The molecule has 1 fully saturated rings. The van der Waals surface area contributed by atoms with Crippen molar-refractivity contribution < 1.29 is 19.1 Å². The summed E-state index contributed by atoms with van der Waals surface area (Å²) in [6.45, 7) is 6.35. The van der Waals surface area contributed by atoms with Gasteiger partial charge < -0.3 is 15.0 Å². The summed E-state index contributed by atoms with van der Waals surface area (Å²) in [5.74, 6) is -0.0455. The van der Waals surface area contributed by atoms with Gasteiger partial charge in [0.05, 0.1) is 5.69 Å². The molecule has 1 N–H and O–H groups in total. The second-order valence-corrected chi connectivity index (χ2v) is 7.95. The Hall–Kier alpha value is -3.35. The molecule has 7 heteroatoms. The van der Waals surface area contributed by atoms with Gasteiger partial charge >= 0.3 is 0 Å². The molecule has 30 heavy (non-hydrogen) atoms. The van der Waals surface area contributed by atoms with Crippen molar-refractivity contribution >= 4 is 29.1 Å². The van der Waals surface area contributed by atoms with Crippen molar-refractivity contribution in [3.05, 3.63) is 53.1 Å². The van der Waals surface area contributed by atoms with Crippen LogP contribution >= 0.6 is 0 Å². The third-order valence-corrected chi connectivity index (χ3v) is 5.70. The number of carbonyl (C=O) groups excluding carboxylic acids is 3. The van der Waals surface area contributed by atoms with Crippen LogP contribution in [0.15, 0.2) is 36.4 Å². The topological polar surface area (TPSA) is 79.0 Å². The van der Waals surface area contributed by atoms with E-state index < -0.39 is 0 Å². The fourth-order valence-electron chi connectivity index (χ4n) is 3.69. The number of aryl methyl sites for hydroxylation is 2. The monoisotopic (exact) mass is 407 g/mol. The molecule has 2 aromatic rings. The number of carbonyl (C=O) groups is 3. The SMILES string of the molecule is Cc1ccc2c(c1)N(CC(=O)Nc1cc(C(=O)N3CCC3C)ccc1C)C(=O)CO2. The van der Waals surface area contributed by atoms with Crippen LogP contribution in [0.3, 0.4) is 0 Å². The van der Waals surface area contributed by atoms with E-state index in [4.69, 9.17) is 4.74 Å². The number of fused-ring (bicyclic) bond motifs is 1. The molecule has 0 aliphatic carbocycles. The Kier molecular flexibility index (Phi) is 5.20.